The molecule has 4 heteroatoms. The average Bonchev–Trinajstić information content (AvgIpc) is 2.92. The first-order valence-corrected chi connectivity index (χ1v) is 7.36. The van der Waals surface area contributed by atoms with Crippen LogP contribution < -0.4 is 4.74 Å². The Kier molecular flexibility index (Phi) is 2.88. The quantitative estimate of drug-likeness (QED) is 0.781. The van der Waals surface area contributed by atoms with Gasteiger partial charge in [0.1, 0.15) is 11.3 Å². The Morgan fingerprint density at radius 1 is 1.19 bits per heavy atom. The number of fused-ring (bicyclic) bond motifs is 3. The highest BCUT2D eigenvalue weighted by Gasteiger charge is 2.17. The van der Waals surface area contributed by atoms with E-state index in [0.717, 1.165) is 41.0 Å². The molecule has 0 bridgehead atoms. The highest BCUT2D eigenvalue weighted by Crippen LogP contribution is 2.29. The molecule has 0 spiro atoms. The molecule has 0 atom stereocenters. The standard InChI is InChI=1S/C17H17N3O/c1-21-12-6-4-5-11(9-12)15-10-18-17-16(19-15)13-7-2-3-8-14(13)20-17/h4-6,9-10H,2-3,7-8H2,1H3,(H,18,20). The highest BCUT2D eigenvalue weighted by molar-refractivity contribution is 5.80. The van der Waals surface area contributed by atoms with Crippen LogP contribution in [0.4, 0.5) is 0 Å². The summed E-state index contributed by atoms with van der Waals surface area (Å²) in [6.45, 7) is 0. The molecule has 1 aliphatic rings. The molecule has 0 fully saturated rings. The van der Waals surface area contributed by atoms with Crippen molar-refractivity contribution in [1.82, 2.24) is 15.0 Å². The van der Waals surface area contributed by atoms with Gasteiger partial charge in [-0.3, -0.25) is 0 Å². The molecule has 0 saturated heterocycles. The Hall–Kier alpha value is -2.36. The van der Waals surface area contributed by atoms with Crippen molar-refractivity contribution in [2.45, 2.75) is 25.7 Å². The molecule has 2 heterocycles. The van der Waals surface area contributed by atoms with Crippen molar-refractivity contribution in [3.05, 3.63) is 41.7 Å². The number of aryl methyl sites for hydroxylation is 2. The van der Waals surface area contributed by atoms with Crippen LogP contribution in [0.5, 0.6) is 5.75 Å². The number of benzene rings is 1. The third-order valence-corrected chi connectivity index (χ3v) is 4.16. The fraction of sp³-hybridized carbons (Fsp3) is 0.294. The van der Waals surface area contributed by atoms with Crippen LogP contribution in [0, 0.1) is 0 Å². The van der Waals surface area contributed by atoms with Gasteiger partial charge >= 0.3 is 0 Å². The summed E-state index contributed by atoms with van der Waals surface area (Å²) in [7, 11) is 1.68. The van der Waals surface area contributed by atoms with E-state index in [9.17, 15) is 0 Å². The van der Waals surface area contributed by atoms with Gasteiger partial charge in [-0.25, -0.2) is 9.97 Å². The Labute approximate surface area is 123 Å². The molecular formula is C17H17N3O. The van der Waals surface area contributed by atoms with Crippen molar-refractivity contribution in [3.8, 4) is 17.0 Å². The number of hydrogen-bond donors (Lipinski definition) is 1. The first-order valence-electron chi connectivity index (χ1n) is 7.36. The smallest absolute Gasteiger partial charge is 0.156 e. The molecule has 0 aliphatic heterocycles. The molecule has 0 unspecified atom stereocenters. The number of rotatable bonds is 2. The number of aromatic nitrogens is 3. The first kappa shape index (κ1) is 12.4. The van der Waals surface area contributed by atoms with E-state index in [1.165, 1.54) is 24.1 Å². The lowest BCUT2D eigenvalue weighted by Gasteiger charge is -2.10. The predicted molar refractivity (Wildman–Crippen MR) is 82.5 cm³/mol. The molecule has 21 heavy (non-hydrogen) atoms. The third kappa shape index (κ3) is 2.07. The zero-order valence-corrected chi connectivity index (χ0v) is 12.0. The van der Waals surface area contributed by atoms with Crippen LogP contribution in [0.15, 0.2) is 30.5 Å². The summed E-state index contributed by atoms with van der Waals surface area (Å²) in [5.41, 5.74) is 6.55. The first-order chi connectivity index (χ1) is 10.3. The van der Waals surface area contributed by atoms with Crippen molar-refractivity contribution < 1.29 is 4.74 Å². The van der Waals surface area contributed by atoms with Crippen LogP contribution in [0.1, 0.15) is 24.1 Å². The maximum atomic E-state index is 5.28. The molecule has 2 aromatic heterocycles. The lowest BCUT2D eigenvalue weighted by molar-refractivity contribution is 0.415. The van der Waals surface area contributed by atoms with Crippen LogP contribution >= 0.6 is 0 Å². The topological polar surface area (TPSA) is 50.8 Å². The van der Waals surface area contributed by atoms with Crippen LogP contribution in [0.2, 0.25) is 0 Å². The molecule has 3 aromatic rings. The highest BCUT2D eigenvalue weighted by atomic mass is 16.5. The zero-order valence-electron chi connectivity index (χ0n) is 12.0. The molecular weight excluding hydrogens is 262 g/mol. The Morgan fingerprint density at radius 2 is 2.10 bits per heavy atom. The zero-order chi connectivity index (χ0) is 14.2. The van der Waals surface area contributed by atoms with Gasteiger partial charge < -0.3 is 9.72 Å². The largest absolute Gasteiger partial charge is 0.497 e. The van der Waals surface area contributed by atoms with Gasteiger partial charge in [0, 0.05) is 16.8 Å². The molecule has 4 rings (SSSR count). The molecule has 1 N–H and O–H groups in total. The fourth-order valence-electron chi connectivity index (χ4n) is 3.06. The van der Waals surface area contributed by atoms with Crippen molar-refractivity contribution in [2.24, 2.45) is 0 Å². The van der Waals surface area contributed by atoms with Crippen LogP contribution in [0.3, 0.4) is 0 Å². The number of methoxy groups -OCH3 is 1. The van der Waals surface area contributed by atoms with Gasteiger partial charge in [0.15, 0.2) is 5.65 Å². The lowest BCUT2D eigenvalue weighted by Crippen LogP contribution is -2.00. The van der Waals surface area contributed by atoms with Gasteiger partial charge in [-0.15, -0.1) is 0 Å². The van der Waals surface area contributed by atoms with E-state index < -0.39 is 0 Å². The van der Waals surface area contributed by atoms with Crippen molar-refractivity contribution in [2.75, 3.05) is 7.11 Å². The fourth-order valence-corrected chi connectivity index (χ4v) is 3.06. The van der Waals surface area contributed by atoms with Gasteiger partial charge in [0.25, 0.3) is 0 Å². The van der Waals surface area contributed by atoms with Crippen molar-refractivity contribution in [1.29, 1.82) is 0 Å². The number of ether oxygens (including phenoxy) is 1. The second kappa shape index (κ2) is 4.88. The SMILES string of the molecule is COc1cccc(-c2cnc3[nH]c4c(c3n2)CCCC4)c1. The maximum absolute atomic E-state index is 5.28. The van der Waals surface area contributed by atoms with Crippen molar-refractivity contribution >= 4 is 11.2 Å². The van der Waals surface area contributed by atoms with Crippen LogP contribution in [-0.4, -0.2) is 22.1 Å². The summed E-state index contributed by atoms with van der Waals surface area (Å²) in [6.07, 6.45) is 6.54. The minimum Gasteiger partial charge on any atom is -0.497 e. The summed E-state index contributed by atoms with van der Waals surface area (Å²) >= 11 is 0. The minimum absolute atomic E-state index is 0.838. The predicted octanol–water partition coefficient (Wildman–Crippen LogP) is 3.51. The number of hydrogen-bond acceptors (Lipinski definition) is 3. The molecule has 106 valence electrons. The number of nitrogens with one attached hydrogen (secondary N) is 1. The number of H-pyrrole nitrogens is 1. The second-order valence-electron chi connectivity index (χ2n) is 5.47. The summed E-state index contributed by atoms with van der Waals surface area (Å²) < 4.78 is 5.28. The van der Waals surface area contributed by atoms with E-state index in [1.54, 1.807) is 7.11 Å². The third-order valence-electron chi connectivity index (χ3n) is 4.16. The maximum Gasteiger partial charge on any atom is 0.156 e. The number of aromatic amines is 1. The molecule has 0 amide bonds. The van der Waals surface area contributed by atoms with Crippen LogP contribution in [0.25, 0.3) is 22.4 Å². The minimum atomic E-state index is 0.838. The summed E-state index contributed by atoms with van der Waals surface area (Å²) in [5, 5.41) is 0. The van der Waals surface area contributed by atoms with Gasteiger partial charge in [-0.1, -0.05) is 12.1 Å². The van der Waals surface area contributed by atoms with E-state index in [4.69, 9.17) is 9.72 Å². The Bertz CT molecular complexity index is 807. The average molecular weight is 279 g/mol. The Morgan fingerprint density at radius 3 is 3.00 bits per heavy atom. The lowest BCUT2D eigenvalue weighted by atomic mass is 9.97. The molecule has 4 nitrogen and oxygen atoms in total. The Balaban J connectivity index is 1.86. The molecule has 0 saturated carbocycles. The summed E-state index contributed by atoms with van der Waals surface area (Å²) in [5.74, 6) is 0.838. The summed E-state index contributed by atoms with van der Waals surface area (Å²) in [4.78, 5) is 12.8. The van der Waals surface area contributed by atoms with E-state index in [2.05, 4.69) is 9.97 Å². The van der Waals surface area contributed by atoms with Crippen LogP contribution in [-0.2, 0) is 12.8 Å². The monoisotopic (exact) mass is 279 g/mol. The van der Waals surface area contributed by atoms with E-state index in [0.29, 0.717) is 0 Å². The summed E-state index contributed by atoms with van der Waals surface area (Å²) in [6, 6.07) is 7.95. The van der Waals surface area contributed by atoms with E-state index in [1.807, 2.05) is 30.5 Å². The van der Waals surface area contributed by atoms with E-state index >= 15 is 0 Å². The molecule has 1 aliphatic carbocycles. The van der Waals surface area contributed by atoms with Gasteiger partial charge in [0.05, 0.1) is 19.0 Å². The molecule has 1 aromatic carbocycles. The van der Waals surface area contributed by atoms with Crippen molar-refractivity contribution in [3.63, 3.8) is 0 Å². The molecule has 0 radical (unpaired) electrons. The van der Waals surface area contributed by atoms with Gasteiger partial charge in [-0.05, 0) is 37.8 Å². The second-order valence-corrected chi connectivity index (χ2v) is 5.47. The van der Waals surface area contributed by atoms with Gasteiger partial charge in [-0.2, -0.15) is 0 Å². The van der Waals surface area contributed by atoms with E-state index in [-0.39, 0.29) is 0 Å². The normalized spacial score (nSPS) is 14.1. The van der Waals surface area contributed by atoms with Gasteiger partial charge in [0.2, 0.25) is 0 Å². The number of nitrogens with zero attached hydrogens (tertiary/aromatic N) is 2.